The van der Waals surface area contributed by atoms with Crippen LogP contribution in [-0.2, 0) is 14.3 Å². The van der Waals surface area contributed by atoms with Gasteiger partial charge in [0.1, 0.15) is 12.6 Å². The van der Waals surface area contributed by atoms with E-state index in [0.717, 1.165) is 25.7 Å². The van der Waals surface area contributed by atoms with E-state index in [4.69, 9.17) is 4.74 Å². The minimum atomic E-state index is -0.715. The summed E-state index contributed by atoms with van der Waals surface area (Å²) in [6.07, 6.45) is 6.14. The highest BCUT2D eigenvalue weighted by Crippen LogP contribution is 2.27. The van der Waals surface area contributed by atoms with Gasteiger partial charge in [-0.15, -0.1) is 0 Å². The van der Waals surface area contributed by atoms with Crippen molar-refractivity contribution in [2.24, 2.45) is 5.41 Å². The van der Waals surface area contributed by atoms with Gasteiger partial charge in [0.25, 0.3) is 5.91 Å². The van der Waals surface area contributed by atoms with Gasteiger partial charge in [-0.2, -0.15) is 0 Å². The van der Waals surface area contributed by atoms with Crippen LogP contribution >= 0.6 is 0 Å². The van der Waals surface area contributed by atoms with Gasteiger partial charge in [-0.05, 0) is 36.8 Å². The lowest BCUT2D eigenvalue weighted by Crippen LogP contribution is -2.56. The highest BCUT2D eigenvalue weighted by atomic mass is 16.7. The fourth-order valence-electron chi connectivity index (χ4n) is 3.31. The first-order chi connectivity index (χ1) is 15.2. The molecule has 7 nitrogen and oxygen atoms in total. The van der Waals surface area contributed by atoms with Crippen LogP contribution in [0.1, 0.15) is 63.7 Å². The Kier molecular flexibility index (Phi) is 12.1. The lowest BCUT2D eigenvalue weighted by atomic mass is 9.84. The molecule has 0 heterocycles. The molecule has 2 amide bonds. The lowest BCUT2D eigenvalue weighted by Gasteiger charge is -2.39. The molecule has 1 aromatic carbocycles. The molecule has 0 saturated heterocycles. The average molecular weight is 447 g/mol. The number of ether oxygens (including phenoxy) is 2. The molecular weight excluding hydrogens is 408 g/mol. The summed E-state index contributed by atoms with van der Waals surface area (Å²) in [6.45, 7) is 9.20. The topological polar surface area (TPSA) is 84.9 Å². The van der Waals surface area contributed by atoms with Gasteiger partial charge in [0.2, 0.25) is 5.91 Å². The smallest absolute Gasteiger partial charge is 0.438 e. The Morgan fingerprint density at radius 2 is 1.78 bits per heavy atom. The number of hydrogen-bond donors (Lipinski definition) is 1. The van der Waals surface area contributed by atoms with Crippen LogP contribution in [0.4, 0.5) is 4.79 Å². The maximum atomic E-state index is 13.3. The molecule has 32 heavy (non-hydrogen) atoms. The minimum Gasteiger partial charge on any atom is -0.438 e. The molecular formula is C25H38N2O5. The summed E-state index contributed by atoms with van der Waals surface area (Å²) >= 11 is 0. The number of methoxy groups -OCH3 is 1. The van der Waals surface area contributed by atoms with Gasteiger partial charge in [-0.3, -0.25) is 9.59 Å². The van der Waals surface area contributed by atoms with Crippen LogP contribution in [0.15, 0.2) is 42.5 Å². The van der Waals surface area contributed by atoms with Crippen molar-refractivity contribution in [2.75, 3.05) is 26.8 Å². The number of nitrogens with one attached hydrogen (secondary N) is 1. The number of carbonyl (C=O) groups excluding carboxylic acids is 3. The van der Waals surface area contributed by atoms with Crippen molar-refractivity contribution < 1.29 is 23.9 Å². The number of rotatable bonds is 12. The van der Waals surface area contributed by atoms with E-state index < -0.39 is 17.6 Å². The maximum absolute atomic E-state index is 13.3. The number of nitrogens with zero attached hydrogens (tertiary/aromatic N) is 1. The van der Waals surface area contributed by atoms with Crippen LogP contribution < -0.4 is 5.32 Å². The fourth-order valence-corrected chi connectivity index (χ4v) is 3.31. The van der Waals surface area contributed by atoms with Crippen LogP contribution in [0, 0.1) is 5.41 Å². The van der Waals surface area contributed by atoms with Gasteiger partial charge in [0.05, 0.1) is 7.11 Å². The molecule has 1 aromatic rings. The van der Waals surface area contributed by atoms with Crippen molar-refractivity contribution in [1.82, 2.24) is 10.2 Å². The molecule has 0 radical (unpaired) electrons. The van der Waals surface area contributed by atoms with E-state index in [1.54, 1.807) is 23.1 Å². The number of hydrogen-bond acceptors (Lipinski definition) is 5. The van der Waals surface area contributed by atoms with E-state index in [0.29, 0.717) is 18.7 Å². The van der Waals surface area contributed by atoms with Crippen molar-refractivity contribution in [3.63, 3.8) is 0 Å². The van der Waals surface area contributed by atoms with Crippen molar-refractivity contribution in [3.8, 4) is 0 Å². The molecule has 0 aliphatic rings. The van der Waals surface area contributed by atoms with Gasteiger partial charge in [-0.1, -0.05) is 64.5 Å². The second-order valence-corrected chi connectivity index (χ2v) is 8.66. The van der Waals surface area contributed by atoms with Gasteiger partial charge in [0, 0.05) is 18.7 Å². The molecule has 0 spiro atoms. The normalized spacial score (nSPS) is 12.3. The van der Waals surface area contributed by atoms with Crippen LogP contribution in [0.25, 0.3) is 0 Å². The Morgan fingerprint density at radius 3 is 2.38 bits per heavy atom. The van der Waals surface area contributed by atoms with E-state index >= 15 is 0 Å². The zero-order valence-corrected chi connectivity index (χ0v) is 20.1. The number of carbonyl (C=O) groups is 3. The van der Waals surface area contributed by atoms with Crippen LogP contribution in [0.2, 0.25) is 0 Å². The van der Waals surface area contributed by atoms with E-state index in [9.17, 15) is 14.4 Å². The summed E-state index contributed by atoms with van der Waals surface area (Å²) in [6, 6.07) is 8.54. The zero-order chi connectivity index (χ0) is 24.0. The van der Waals surface area contributed by atoms with E-state index in [1.165, 1.54) is 7.11 Å². The van der Waals surface area contributed by atoms with Gasteiger partial charge in [0.15, 0.2) is 0 Å². The molecule has 1 N–H and O–H groups in total. The molecule has 0 aliphatic carbocycles. The molecule has 1 unspecified atom stereocenters. The molecule has 0 bridgehead atoms. The lowest BCUT2D eigenvalue weighted by molar-refractivity contribution is -0.129. The summed E-state index contributed by atoms with van der Waals surface area (Å²) in [4.78, 5) is 39.1. The van der Waals surface area contributed by atoms with Crippen molar-refractivity contribution in [3.05, 3.63) is 48.0 Å². The van der Waals surface area contributed by atoms with E-state index in [-0.39, 0.29) is 18.4 Å². The third kappa shape index (κ3) is 9.54. The molecule has 7 heteroatoms. The van der Waals surface area contributed by atoms with Gasteiger partial charge >= 0.3 is 6.16 Å². The largest absolute Gasteiger partial charge is 0.508 e. The third-order valence-electron chi connectivity index (χ3n) is 4.89. The van der Waals surface area contributed by atoms with E-state index in [2.05, 4.69) is 17.0 Å². The Balaban J connectivity index is 2.75. The maximum Gasteiger partial charge on any atom is 0.508 e. The first-order valence-corrected chi connectivity index (χ1v) is 11.2. The standard InChI is InChI=1S/C25H38N2O5/c1-6-7-18-27(23(29)20-15-11-10-12-16-20)21(25(2,3)4)22(28)26-17-13-8-9-14-19-32-24(30)31-5/h9-12,14-16,21H,6-8,13,17-19H2,1-5H3,(H,26,28)/b14-9+. The molecule has 1 rings (SSSR count). The summed E-state index contributed by atoms with van der Waals surface area (Å²) < 4.78 is 9.16. The van der Waals surface area contributed by atoms with Crippen LogP contribution in [0.3, 0.4) is 0 Å². The third-order valence-corrected chi connectivity index (χ3v) is 4.89. The molecule has 0 saturated carbocycles. The molecule has 178 valence electrons. The summed E-state index contributed by atoms with van der Waals surface area (Å²) in [7, 11) is 1.26. The first-order valence-electron chi connectivity index (χ1n) is 11.2. The monoisotopic (exact) mass is 446 g/mol. The summed E-state index contributed by atoms with van der Waals surface area (Å²) in [5.41, 5.74) is 0.165. The number of unbranched alkanes of at least 4 members (excludes halogenated alkanes) is 2. The van der Waals surface area contributed by atoms with Crippen LogP contribution in [0.5, 0.6) is 0 Å². The molecule has 1 atom stereocenters. The first kappa shape index (κ1) is 27.2. The number of amides is 2. The average Bonchev–Trinajstić information content (AvgIpc) is 2.77. The molecule has 0 aliphatic heterocycles. The van der Waals surface area contributed by atoms with Crippen molar-refractivity contribution >= 4 is 18.0 Å². The van der Waals surface area contributed by atoms with Crippen molar-refractivity contribution in [2.45, 2.75) is 59.4 Å². The molecule has 0 aromatic heterocycles. The van der Waals surface area contributed by atoms with E-state index in [1.807, 2.05) is 45.0 Å². The fraction of sp³-hybridized carbons (Fsp3) is 0.560. The number of benzene rings is 1. The SMILES string of the molecule is CCCCN(C(=O)c1ccccc1)C(C(=O)NCCC/C=C/COC(=O)OC)C(C)(C)C. The van der Waals surface area contributed by atoms with Gasteiger partial charge in [-0.25, -0.2) is 4.79 Å². The zero-order valence-electron chi connectivity index (χ0n) is 20.1. The van der Waals surface area contributed by atoms with Gasteiger partial charge < -0.3 is 19.7 Å². The van der Waals surface area contributed by atoms with Crippen molar-refractivity contribution in [1.29, 1.82) is 0 Å². The Bertz CT molecular complexity index is 740. The Labute approximate surface area is 192 Å². The minimum absolute atomic E-state index is 0.123. The molecule has 0 fully saturated rings. The highest BCUT2D eigenvalue weighted by Gasteiger charge is 2.38. The van der Waals surface area contributed by atoms with Crippen LogP contribution in [-0.4, -0.2) is 55.7 Å². The second-order valence-electron chi connectivity index (χ2n) is 8.66. The summed E-state index contributed by atoms with van der Waals surface area (Å²) in [5.74, 6) is -0.265. The predicted octanol–water partition coefficient (Wildman–Crippen LogP) is 4.58. The summed E-state index contributed by atoms with van der Waals surface area (Å²) in [5, 5.41) is 3.00. The highest BCUT2D eigenvalue weighted by molar-refractivity contribution is 5.97. The predicted molar refractivity (Wildman–Crippen MR) is 125 cm³/mol. The second kappa shape index (κ2) is 14.3. The Hall–Kier alpha value is -2.83. The quantitative estimate of drug-likeness (QED) is 0.289. The number of allylic oxidation sites excluding steroid dienone is 1. The Morgan fingerprint density at radius 1 is 1.09 bits per heavy atom.